The number of rotatable bonds is 4. The summed E-state index contributed by atoms with van der Waals surface area (Å²) in [6.07, 6.45) is 2.30. The number of hydrogen-bond donors (Lipinski definition) is 1. The second-order valence-electron chi connectivity index (χ2n) is 4.29. The van der Waals surface area contributed by atoms with Crippen LogP contribution in [0.4, 0.5) is 0 Å². The number of thiophene rings is 1. The summed E-state index contributed by atoms with van der Waals surface area (Å²) in [5, 5.41) is 9.01. The van der Waals surface area contributed by atoms with Crippen LogP contribution < -0.4 is 0 Å². The maximum absolute atomic E-state index is 12.0. The number of hydrogen-bond acceptors (Lipinski definition) is 3. The van der Waals surface area contributed by atoms with Gasteiger partial charge in [-0.15, -0.1) is 11.3 Å². The molecule has 1 saturated heterocycles. The number of nitrogens with zero attached hydrogens (tertiary/aromatic N) is 1. The van der Waals surface area contributed by atoms with E-state index in [1.807, 2.05) is 12.1 Å². The van der Waals surface area contributed by atoms with E-state index >= 15 is 0 Å². The maximum atomic E-state index is 12.0. The number of likely N-dealkylation sites (tertiary alicyclic amines) is 1. The summed E-state index contributed by atoms with van der Waals surface area (Å²) >= 11 is 7.27. The van der Waals surface area contributed by atoms with E-state index in [2.05, 4.69) is 0 Å². The summed E-state index contributed by atoms with van der Waals surface area (Å²) in [7, 11) is 0. The predicted octanol–water partition coefficient (Wildman–Crippen LogP) is 2.41. The molecule has 1 aliphatic heterocycles. The van der Waals surface area contributed by atoms with E-state index in [0.717, 1.165) is 11.3 Å². The minimum atomic E-state index is -0.903. The van der Waals surface area contributed by atoms with Crippen LogP contribution in [0.2, 0.25) is 4.34 Å². The van der Waals surface area contributed by atoms with Crippen molar-refractivity contribution in [3.63, 3.8) is 0 Å². The third kappa shape index (κ3) is 3.03. The summed E-state index contributed by atoms with van der Waals surface area (Å²) < 4.78 is 0.710. The minimum Gasteiger partial charge on any atom is -0.480 e. The van der Waals surface area contributed by atoms with Crippen molar-refractivity contribution in [2.75, 3.05) is 6.54 Å². The van der Waals surface area contributed by atoms with Crippen LogP contribution in [-0.2, 0) is 16.0 Å². The van der Waals surface area contributed by atoms with Gasteiger partial charge in [0.2, 0.25) is 5.91 Å². The number of carboxylic acids is 1. The molecule has 1 N–H and O–H groups in total. The van der Waals surface area contributed by atoms with Crippen LogP contribution in [0.5, 0.6) is 0 Å². The van der Waals surface area contributed by atoms with Crippen LogP contribution in [0, 0.1) is 0 Å². The maximum Gasteiger partial charge on any atom is 0.326 e. The number of aryl methyl sites for hydroxylation is 1. The summed E-state index contributed by atoms with van der Waals surface area (Å²) in [6.45, 7) is 0.557. The van der Waals surface area contributed by atoms with Crippen LogP contribution in [0.25, 0.3) is 0 Å². The molecule has 0 radical (unpaired) electrons. The molecule has 1 aromatic rings. The Morgan fingerprint density at radius 1 is 1.50 bits per heavy atom. The molecular formula is C12H14ClNO3S. The lowest BCUT2D eigenvalue weighted by Crippen LogP contribution is -2.40. The number of amides is 1. The van der Waals surface area contributed by atoms with Gasteiger partial charge in [0.1, 0.15) is 6.04 Å². The highest BCUT2D eigenvalue weighted by Crippen LogP contribution is 2.24. The molecule has 0 spiro atoms. The third-order valence-electron chi connectivity index (χ3n) is 3.07. The third-order valence-corrected chi connectivity index (χ3v) is 4.36. The molecule has 0 bridgehead atoms. The highest BCUT2D eigenvalue weighted by molar-refractivity contribution is 7.16. The Labute approximate surface area is 114 Å². The molecular weight excluding hydrogens is 274 g/mol. The molecule has 0 aromatic carbocycles. The molecule has 1 aromatic heterocycles. The van der Waals surface area contributed by atoms with Crippen molar-refractivity contribution in [3.8, 4) is 0 Å². The van der Waals surface area contributed by atoms with E-state index in [9.17, 15) is 9.59 Å². The fourth-order valence-electron chi connectivity index (χ4n) is 2.18. The number of halogens is 1. The number of carbonyl (C=O) groups excluding carboxylic acids is 1. The Bertz CT molecular complexity index is 460. The van der Waals surface area contributed by atoms with E-state index in [1.54, 1.807) is 0 Å². The molecule has 0 unspecified atom stereocenters. The zero-order valence-corrected chi connectivity index (χ0v) is 11.3. The van der Waals surface area contributed by atoms with Crippen molar-refractivity contribution >= 4 is 34.8 Å². The van der Waals surface area contributed by atoms with Gasteiger partial charge in [-0.2, -0.15) is 0 Å². The first-order chi connectivity index (χ1) is 8.58. The minimum absolute atomic E-state index is 0.0792. The fraction of sp³-hybridized carbons (Fsp3) is 0.500. The highest BCUT2D eigenvalue weighted by atomic mass is 35.5. The Morgan fingerprint density at radius 3 is 2.89 bits per heavy atom. The first kappa shape index (κ1) is 13.4. The first-order valence-corrected chi connectivity index (χ1v) is 7.04. The Balaban J connectivity index is 1.89. The van der Waals surface area contributed by atoms with Crippen LogP contribution >= 0.6 is 22.9 Å². The summed E-state index contributed by atoms with van der Waals surface area (Å²) in [5.41, 5.74) is 0. The fourth-order valence-corrected chi connectivity index (χ4v) is 3.27. The molecule has 2 heterocycles. The second-order valence-corrected chi connectivity index (χ2v) is 6.09. The van der Waals surface area contributed by atoms with E-state index in [-0.39, 0.29) is 5.91 Å². The molecule has 1 fully saturated rings. The van der Waals surface area contributed by atoms with E-state index in [1.165, 1.54) is 16.2 Å². The first-order valence-electron chi connectivity index (χ1n) is 5.84. The van der Waals surface area contributed by atoms with E-state index < -0.39 is 12.0 Å². The van der Waals surface area contributed by atoms with E-state index in [4.69, 9.17) is 16.7 Å². The molecule has 2 rings (SSSR count). The van der Waals surface area contributed by atoms with Crippen molar-refractivity contribution in [1.82, 2.24) is 4.90 Å². The molecule has 0 saturated carbocycles. The van der Waals surface area contributed by atoms with Crippen molar-refractivity contribution in [3.05, 3.63) is 21.3 Å². The molecule has 98 valence electrons. The average Bonchev–Trinajstić information content (AvgIpc) is 2.94. The molecule has 1 atom stereocenters. The van der Waals surface area contributed by atoms with Gasteiger partial charge in [-0.1, -0.05) is 11.6 Å². The second kappa shape index (κ2) is 5.71. The standard InChI is InChI=1S/C12H14ClNO3S/c13-10-5-3-8(18-10)4-6-11(15)14-7-1-2-9(14)12(16)17/h3,5,9H,1-2,4,6-7H2,(H,16,17)/t9-/m0/s1. The monoisotopic (exact) mass is 287 g/mol. The van der Waals surface area contributed by atoms with Crippen molar-refractivity contribution in [2.24, 2.45) is 0 Å². The molecule has 1 aliphatic rings. The zero-order chi connectivity index (χ0) is 13.1. The van der Waals surface area contributed by atoms with Gasteiger partial charge in [0, 0.05) is 17.8 Å². The van der Waals surface area contributed by atoms with E-state index in [0.29, 0.717) is 30.1 Å². The van der Waals surface area contributed by atoms with Crippen LogP contribution in [0.1, 0.15) is 24.1 Å². The summed E-state index contributed by atoms with van der Waals surface area (Å²) in [5.74, 6) is -0.982. The van der Waals surface area contributed by atoms with Crippen molar-refractivity contribution < 1.29 is 14.7 Å². The topological polar surface area (TPSA) is 57.6 Å². The SMILES string of the molecule is O=C(O)[C@@H]1CCCN1C(=O)CCc1ccc(Cl)s1. The number of carboxylic acid groups (broad SMARTS) is 1. The predicted molar refractivity (Wildman–Crippen MR) is 70.0 cm³/mol. The van der Waals surface area contributed by atoms with Gasteiger partial charge in [0.05, 0.1) is 4.34 Å². The van der Waals surface area contributed by atoms with Gasteiger partial charge in [-0.05, 0) is 31.4 Å². The van der Waals surface area contributed by atoms with Gasteiger partial charge < -0.3 is 10.0 Å². The Hall–Kier alpha value is -1.07. The van der Waals surface area contributed by atoms with Crippen molar-refractivity contribution in [1.29, 1.82) is 0 Å². The van der Waals surface area contributed by atoms with Gasteiger partial charge in [-0.3, -0.25) is 4.79 Å². The van der Waals surface area contributed by atoms with Crippen molar-refractivity contribution in [2.45, 2.75) is 31.7 Å². The number of carbonyl (C=O) groups is 2. The quantitative estimate of drug-likeness (QED) is 0.925. The molecule has 6 heteroatoms. The Kier molecular flexibility index (Phi) is 4.24. The molecule has 18 heavy (non-hydrogen) atoms. The smallest absolute Gasteiger partial charge is 0.326 e. The van der Waals surface area contributed by atoms with Gasteiger partial charge in [-0.25, -0.2) is 4.79 Å². The van der Waals surface area contributed by atoms with Crippen LogP contribution in [0.15, 0.2) is 12.1 Å². The van der Waals surface area contributed by atoms with Gasteiger partial charge in [0.15, 0.2) is 0 Å². The highest BCUT2D eigenvalue weighted by Gasteiger charge is 2.33. The largest absolute Gasteiger partial charge is 0.480 e. The molecule has 0 aliphatic carbocycles. The lowest BCUT2D eigenvalue weighted by Gasteiger charge is -2.21. The van der Waals surface area contributed by atoms with Gasteiger partial charge in [0.25, 0.3) is 0 Å². The molecule has 4 nitrogen and oxygen atoms in total. The van der Waals surface area contributed by atoms with Crippen LogP contribution in [-0.4, -0.2) is 34.5 Å². The van der Waals surface area contributed by atoms with Gasteiger partial charge >= 0.3 is 5.97 Å². The normalized spacial score (nSPS) is 19.2. The lowest BCUT2D eigenvalue weighted by atomic mass is 10.2. The van der Waals surface area contributed by atoms with Crippen LogP contribution in [0.3, 0.4) is 0 Å². The lowest BCUT2D eigenvalue weighted by molar-refractivity contribution is -0.148. The summed E-state index contributed by atoms with van der Waals surface area (Å²) in [6, 6.07) is 3.07. The number of aliphatic carboxylic acids is 1. The average molecular weight is 288 g/mol. The Morgan fingerprint density at radius 2 is 2.28 bits per heavy atom. The molecule has 1 amide bonds. The zero-order valence-electron chi connectivity index (χ0n) is 9.76. The summed E-state index contributed by atoms with van der Waals surface area (Å²) in [4.78, 5) is 25.5.